The molecule has 0 aromatic heterocycles. The minimum atomic E-state index is -0.604. The normalized spacial score (nSPS) is 12.9. The van der Waals surface area contributed by atoms with Crippen LogP contribution in [-0.2, 0) is 29.0 Å². The number of carbonyl (C=O) groups excluding carboxylic acids is 2. The van der Waals surface area contributed by atoms with Crippen LogP contribution in [0, 0.1) is 6.92 Å². The van der Waals surface area contributed by atoms with Crippen molar-refractivity contribution in [2.75, 3.05) is 26.1 Å². The summed E-state index contributed by atoms with van der Waals surface area (Å²) in [7, 11) is 3.18. The molecule has 0 fully saturated rings. The van der Waals surface area contributed by atoms with Crippen molar-refractivity contribution >= 4 is 17.5 Å². The minimum Gasteiger partial charge on any atom is -0.493 e. The van der Waals surface area contributed by atoms with Gasteiger partial charge in [0.15, 0.2) is 11.5 Å². The summed E-state index contributed by atoms with van der Waals surface area (Å²) in [6.45, 7) is 4.81. The van der Waals surface area contributed by atoms with Crippen LogP contribution in [0.5, 0.6) is 11.5 Å². The number of aryl methyl sites for hydroxylation is 2. The Morgan fingerprint density at radius 3 is 2.43 bits per heavy atom. The Morgan fingerprint density at radius 1 is 1.11 bits per heavy atom. The van der Waals surface area contributed by atoms with Crippen molar-refractivity contribution in [1.29, 1.82) is 0 Å². The number of anilines is 1. The molecule has 0 unspecified atom stereocenters. The first-order valence-electron chi connectivity index (χ1n) is 9.41. The van der Waals surface area contributed by atoms with Crippen LogP contribution in [0.4, 0.5) is 5.69 Å². The van der Waals surface area contributed by atoms with Gasteiger partial charge in [-0.1, -0.05) is 25.1 Å². The highest BCUT2D eigenvalue weighted by molar-refractivity contribution is 6.39. The number of nitrogens with one attached hydrogen (secondary N) is 1. The van der Waals surface area contributed by atoms with E-state index in [1.54, 1.807) is 19.1 Å². The summed E-state index contributed by atoms with van der Waals surface area (Å²) in [6.07, 6.45) is 1.45. The van der Waals surface area contributed by atoms with E-state index in [9.17, 15) is 9.59 Å². The van der Waals surface area contributed by atoms with Gasteiger partial charge in [-0.2, -0.15) is 0 Å². The van der Waals surface area contributed by atoms with Gasteiger partial charge in [-0.15, -0.1) is 0 Å². The largest absolute Gasteiger partial charge is 0.493 e. The molecule has 6 nitrogen and oxygen atoms in total. The molecule has 0 atom stereocenters. The molecule has 1 aliphatic heterocycles. The van der Waals surface area contributed by atoms with Gasteiger partial charge >= 0.3 is 11.8 Å². The van der Waals surface area contributed by atoms with E-state index < -0.39 is 11.8 Å². The Balaban J connectivity index is 1.77. The third-order valence-corrected chi connectivity index (χ3v) is 5.18. The van der Waals surface area contributed by atoms with Gasteiger partial charge in [-0.25, -0.2) is 0 Å². The molecular formula is C22H26N2O4. The van der Waals surface area contributed by atoms with Crippen molar-refractivity contribution in [2.45, 2.75) is 33.2 Å². The molecule has 2 aromatic carbocycles. The first kappa shape index (κ1) is 19.7. The van der Waals surface area contributed by atoms with E-state index >= 15 is 0 Å². The molecular weight excluding hydrogens is 356 g/mol. The molecule has 148 valence electrons. The SMILES string of the molecule is CCc1cccc(C)c1NC(=O)C(=O)N1CCc2cc(OC)c(OC)cc2C1. The van der Waals surface area contributed by atoms with Gasteiger partial charge in [-0.05, 0) is 54.2 Å². The molecule has 1 N–H and O–H groups in total. The third kappa shape index (κ3) is 3.81. The number of hydrogen-bond acceptors (Lipinski definition) is 4. The summed E-state index contributed by atoms with van der Waals surface area (Å²) >= 11 is 0. The Kier molecular flexibility index (Phi) is 5.87. The topological polar surface area (TPSA) is 67.9 Å². The summed E-state index contributed by atoms with van der Waals surface area (Å²) in [4.78, 5) is 27.0. The fourth-order valence-electron chi connectivity index (χ4n) is 3.57. The molecule has 1 aliphatic rings. The maximum atomic E-state index is 12.8. The zero-order chi connectivity index (χ0) is 20.3. The van der Waals surface area contributed by atoms with Crippen LogP contribution in [-0.4, -0.2) is 37.5 Å². The number of ether oxygens (including phenoxy) is 2. The summed E-state index contributed by atoms with van der Waals surface area (Å²) < 4.78 is 10.7. The highest BCUT2D eigenvalue weighted by Gasteiger charge is 2.27. The predicted octanol–water partition coefficient (Wildman–Crippen LogP) is 3.10. The highest BCUT2D eigenvalue weighted by Crippen LogP contribution is 2.33. The van der Waals surface area contributed by atoms with Crippen molar-refractivity contribution in [2.24, 2.45) is 0 Å². The molecule has 3 rings (SSSR count). The van der Waals surface area contributed by atoms with Crippen molar-refractivity contribution in [3.63, 3.8) is 0 Å². The van der Waals surface area contributed by atoms with Gasteiger partial charge in [0.05, 0.1) is 14.2 Å². The van der Waals surface area contributed by atoms with Crippen LogP contribution >= 0.6 is 0 Å². The lowest BCUT2D eigenvalue weighted by Gasteiger charge is -2.29. The number of fused-ring (bicyclic) bond motifs is 1. The van der Waals surface area contributed by atoms with E-state index in [2.05, 4.69) is 5.32 Å². The van der Waals surface area contributed by atoms with E-state index in [-0.39, 0.29) is 0 Å². The zero-order valence-corrected chi connectivity index (χ0v) is 16.8. The number of hydrogen-bond donors (Lipinski definition) is 1. The van der Waals surface area contributed by atoms with Crippen molar-refractivity contribution in [3.8, 4) is 11.5 Å². The van der Waals surface area contributed by atoms with Crippen LogP contribution in [0.1, 0.15) is 29.2 Å². The average molecular weight is 382 g/mol. The second-order valence-corrected chi connectivity index (χ2v) is 6.87. The molecule has 0 saturated carbocycles. The molecule has 6 heteroatoms. The van der Waals surface area contributed by atoms with Gasteiger partial charge < -0.3 is 19.7 Å². The van der Waals surface area contributed by atoms with Crippen LogP contribution < -0.4 is 14.8 Å². The van der Waals surface area contributed by atoms with E-state index in [1.807, 2.05) is 44.2 Å². The monoisotopic (exact) mass is 382 g/mol. The lowest BCUT2D eigenvalue weighted by atomic mass is 9.98. The number of nitrogens with zero attached hydrogens (tertiary/aromatic N) is 1. The Labute approximate surface area is 165 Å². The van der Waals surface area contributed by atoms with E-state index in [0.717, 1.165) is 34.4 Å². The highest BCUT2D eigenvalue weighted by atomic mass is 16.5. The number of para-hydroxylation sites is 1. The molecule has 0 radical (unpaired) electrons. The van der Waals surface area contributed by atoms with Crippen molar-refractivity contribution in [1.82, 2.24) is 4.90 Å². The van der Waals surface area contributed by atoms with Crippen LogP contribution in [0.3, 0.4) is 0 Å². The fraction of sp³-hybridized carbons (Fsp3) is 0.364. The Bertz CT molecular complexity index is 908. The average Bonchev–Trinajstić information content (AvgIpc) is 2.72. The Hall–Kier alpha value is -3.02. The number of rotatable bonds is 4. The van der Waals surface area contributed by atoms with Gasteiger partial charge in [0.25, 0.3) is 0 Å². The summed E-state index contributed by atoms with van der Waals surface area (Å²) in [5, 5.41) is 2.82. The number of carbonyl (C=O) groups is 2. The summed E-state index contributed by atoms with van der Waals surface area (Å²) in [5.74, 6) is 0.164. The molecule has 0 aliphatic carbocycles. The predicted molar refractivity (Wildman–Crippen MR) is 108 cm³/mol. The maximum Gasteiger partial charge on any atom is 0.313 e. The zero-order valence-electron chi connectivity index (χ0n) is 16.8. The van der Waals surface area contributed by atoms with Crippen LogP contribution in [0.15, 0.2) is 30.3 Å². The number of methoxy groups -OCH3 is 2. The van der Waals surface area contributed by atoms with Crippen molar-refractivity contribution in [3.05, 3.63) is 52.6 Å². The molecule has 0 saturated heterocycles. The molecule has 1 heterocycles. The number of amides is 2. The van der Waals surface area contributed by atoms with Crippen LogP contribution in [0.2, 0.25) is 0 Å². The van der Waals surface area contributed by atoms with E-state index in [1.165, 1.54) is 0 Å². The lowest BCUT2D eigenvalue weighted by molar-refractivity contribution is -0.143. The lowest BCUT2D eigenvalue weighted by Crippen LogP contribution is -2.42. The Morgan fingerprint density at radius 2 is 1.79 bits per heavy atom. The van der Waals surface area contributed by atoms with Gasteiger partial charge in [0.1, 0.15) is 0 Å². The molecule has 2 amide bonds. The first-order valence-corrected chi connectivity index (χ1v) is 9.41. The second kappa shape index (κ2) is 8.33. The van der Waals surface area contributed by atoms with E-state index in [0.29, 0.717) is 31.0 Å². The van der Waals surface area contributed by atoms with E-state index in [4.69, 9.17) is 9.47 Å². The quantitative estimate of drug-likeness (QED) is 0.825. The van der Waals surface area contributed by atoms with Gasteiger partial charge in [0.2, 0.25) is 0 Å². The number of benzene rings is 2. The molecule has 0 bridgehead atoms. The molecule has 2 aromatic rings. The van der Waals surface area contributed by atoms with Crippen molar-refractivity contribution < 1.29 is 19.1 Å². The second-order valence-electron chi connectivity index (χ2n) is 6.87. The maximum absolute atomic E-state index is 12.8. The van der Waals surface area contributed by atoms with Crippen LogP contribution in [0.25, 0.3) is 0 Å². The molecule has 28 heavy (non-hydrogen) atoms. The smallest absolute Gasteiger partial charge is 0.313 e. The molecule has 0 spiro atoms. The third-order valence-electron chi connectivity index (χ3n) is 5.18. The minimum absolute atomic E-state index is 0.371. The standard InChI is InChI=1S/C22H26N2O4/c1-5-15-8-6-7-14(2)20(15)23-21(25)22(26)24-10-9-16-11-18(27-3)19(28-4)12-17(16)13-24/h6-8,11-12H,5,9-10,13H2,1-4H3,(H,23,25). The van der Waals surface area contributed by atoms with Gasteiger partial charge in [0, 0.05) is 18.8 Å². The summed E-state index contributed by atoms with van der Waals surface area (Å²) in [6, 6.07) is 9.66. The first-order chi connectivity index (χ1) is 13.5. The fourth-order valence-corrected chi connectivity index (χ4v) is 3.57. The van der Waals surface area contributed by atoms with Gasteiger partial charge in [-0.3, -0.25) is 9.59 Å². The summed E-state index contributed by atoms with van der Waals surface area (Å²) in [5.41, 5.74) is 4.76.